The van der Waals surface area contributed by atoms with Crippen molar-refractivity contribution in [1.82, 2.24) is 10.6 Å². The van der Waals surface area contributed by atoms with Gasteiger partial charge in [0.05, 0.1) is 18.6 Å². The summed E-state index contributed by atoms with van der Waals surface area (Å²) in [6.45, 7) is 4.20. The minimum Gasteiger partial charge on any atom is -0.472 e. The molecular weight excluding hydrogens is 208 g/mol. The third-order valence-electron chi connectivity index (χ3n) is 2.05. The van der Waals surface area contributed by atoms with Crippen LogP contribution in [0.5, 0.6) is 0 Å². The maximum absolute atomic E-state index is 11.2. The second-order valence-electron chi connectivity index (χ2n) is 3.92. The van der Waals surface area contributed by atoms with Gasteiger partial charge >= 0.3 is 6.03 Å². The number of carbonyl (C=O) groups excluding carboxylic acids is 1. The van der Waals surface area contributed by atoms with Crippen molar-refractivity contribution >= 4 is 6.03 Å². The standard InChI is InChI=1S/C11H18N2O3/c1-8(2)13-11(15)12-5-3-10(14)9-4-6-16-7-9/h4,6-8,10,14H,3,5H2,1-2H3,(H2,12,13,15). The molecule has 1 aromatic heterocycles. The van der Waals surface area contributed by atoms with Crippen LogP contribution in [0.3, 0.4) is 0 Å². The highest BCUT2D eigenvalue weighted by atomic mass is 16.3. The third-order valence-corrected chi connectivity index (χ3v) is 2.05. The first-order chi connectivity index (χ1) is 7.59. The van der Waals surface area contributed by atoms with Crippen LogP contribution in [0.4, 0.5) is 4.79 Å². The molecule has 5 nitrogen and oxygen atoms in total. The van der Waals surface area contributed by atoms with Gasteiger partial charge in [0.2, 0.25) is 0 Å². The SMILES string of the molecule is CC(C)NC(=O)NCCC(O)c1ccoc1. The normalized spacial score (nSPS) is 12.5. The predicted octanol–water partition coefficient (Wildman–Crippen LogP) is 1.41. The topological polar surface area (TPSA) is 74.5 Å². The second-order valence-corrected chi connectivity index (χ2v) is 3.92. The molecule has 1 heterocycles. The molecule has 0 aliphatic carbocycles. The van der Waals surface area contributed by atoms with Gasteiger partial charge in [-0.1, -0.05) is 0 Å². The third kappa shape index (κ3) is 4.35. The van der Waals surface area contributed by atoms with Gasteiger partial charge in [0.15, 0.2) is 0 Å². The molecule has 1 atom stereocenters. The summed E-state index contributed by atoms with van der Waals surface area (Å²) in [6.07, 6.45) is 2.87. The maximum atomic E-state index is 11.2. The Morgan fingerprint density at radius 1 is 1.56 bits per heavy atom. The van der Waals surface area contributed by atoms with Crippen LogP contribution in [0.15, 0.2) is 23.0 Å². The molecule has 0 bridgehead atoms. The van der Waals surface area contributed by atoms with Crippen LogP contribution in [0.25, 0.3) is 0 Å². The molecule has 0 saturated carbocycles. The number of rotatable bonds is 5. The van der Waals surface area contributed by atoms with Gasteiger partial charge in [-0.25, -0.2) is 4.79 Å². The number of hydrogen-bond acceptors (Lipinski definition) is 3. The van der Waals surface area contributed by atoms with E-state index in [0.29, 0.717) is 13.0 Å². The van der Waals surface area contributed by atoms with E-state index < -0.39 is 6.10 Å². The molecule has 0 fully saturated rings. The summed E-state index contributed by atoms with van der Waals surface area (Å²) in [7, 11) is 0. The summed E-state index contributed by atoms with van der Waals surface area (Å²) in [5, 5.41) is 15.0. The van der Waals surface area contributed by atoms with E-state index in [1.54, 1.807) is 6.07 Å². The van der Waals surface area contributed by atoms with Crippen molar-refractivity contribution in [3.8, 4) is 0 Å². The second kappa shape index (κ2) is 6.17. The molecule has 16 heavy (non-hydrogen) atoms. The fourth-order valence-corrected chi connectivity index (χ4v) is 1.27. The number of aliphatic hydroxyl groups excluding tert-OH is 1. The Bertz CT molecular complexity index is 309. The van der Waals surface area contributed by atoms with Gasteiger partial charge in [-0.05, 0) is 26.3 Å². The van der Waals surface area contributed by atoms with Crippen molar-refractivity contribution in [3.63, 3.8) is 0 Å². The molecule has 5 heteroatoms. The summed E-state index contributed by atoms with van der Waals surface area (Å²) in [5.41, 5.74) is 0.728. The van der Waals surface area contributed by atoms with Crippen LogP contribution in [-0.4, -0.2) is 23.7 Å². The van der Waals surface area contributed by atoms with E-state index in [2.05, 4.69) is 10.6 Å². The van der Waals surface area contributed by atoms with E-state index in [0.717, 1.165) is 5.56 Å². The molecule has 1 unspecified atom stereocenters. The van der Waals surface area contributed by atoms with Gasteiger partial charge in [-0.2, -0.15) is 0 Å². The van der Waals surface area contributed by atoms with Gasteiger partial charge in [-0.3, -0.25) is 0 Å². The fourth-order valence-electron chi connectivity index (χ4n) is 1.27. The number of hydrogen-bond donors (Lipinski definition) is 3. The molecule has 3 N–H and O–H groups in total. The first-order valence-electron chi connectivity index (χ1n) is 5.34. The van der Waals surface area contributed by atoms with E-state index >= 15 is 0 Å². The lowest BCUT2D eigenvalue weighted by Crippen LogP contribution is -2.40. The zero-order chi connectivity index (χ0) is 12.0. The summed E-state index contributed by atoms with van der Waals surface area (Å²) in [6, 6.07) is 1.60. The quantitative estimate of drug-likeness (QED) is 0.710. The number of carbonyl (C=O) groups is 1. The minimum atomic E-state index is -0.599. The monoisotopic (exact) mass is 226 g/mol. The van der Waals surface area contributed by atoms with Crippen LogP contribution < -0.4 is 10.6 Å². The molecule has 90 valence electrons. The lowest BCUT2D eigenvalue weighted by molar-refractivity contribution is 0.166. The van der Waals surface area contributed by atoms with E-state index in [-0.39, 0.29) is 12.1 Å². The molecular formula is C11H18N2O3. The smallest absolute Gasteiger partial charge is 0.314 e. The zero-order valence-corrected chi connectivity index (χ0v) is 9.56. The molecule has 1 aromatic rings. The Balaban J connectivity index is 2.18. The summed E-state index contributed by atoms with van der Waals surface area (Å²) in [5.74, 6) is 0. The molecule has 0 spiro atoms. The van der Waals surface area contributed by atoms with Gasteiger partial charge in [-0.15, -0.1) is 0 Å². The van der Waals surface area contributed by atoms with Crippen molar-refractivity contribution in [2.24, 2.45) is 0 Å². The average molecular weight is 226 g/mol. The fraction of sp³-hybridized carbons (Fsp3) is 0.545. The largest absolute Gasteiger partial charge is 0.472 e. The first-order valence-corrected chi connectivity index (χ1v) is 5.34. The Kier molecular flexibility index (Phi) is 4.85. The Morgan fingerprint density at radius 3 is 2.88 bits per heavy atom. The van der Waals surface area contributed by atoms with Crippen LogP contribution >= 0.6 is 0 Å². The Morgan fingerprint density at radius 2 is 2.31 bits per heavy atom. The molecule has 0 aliphatic heterocycles. The maximum Gasteiger partial charge on any atom is 0.314 e. The highest BCUT2D eigenvalue weighted by molar-refractivity contribution is 5.73. The van der Waals surface area contributed by atoms with Gasteiger partial charge in [0.25, 0.3) is 0 Å². The average Bonchev–Trinajstić information content (AvgIpc) is 2.68. The summed E-state index contributed by atoms with van der Waals surface area (Å²) in [4.78, 5) is 11.2. The number of aliphatic hydroxyl groups is 1. The van der Waals surface area contributed by atoms with Crippen molar-refractivity contribution in [2.45, 2.75) is 32.4 Å². The number of amides is 2. The van der Waals surface area contributed by atoms with E-state index in [4.69, 9.17) is 4.42 Å². The molecule has 2 amide bonds. The molecule has 0 aliphatic rings. The summed E-state index contributed by atoms with van der Waals surface area (Å²) >= 11 is 0. The van der Waals surface area contributed by atoms with Gasteiger partial charge in [0.1, 0.15) is 0 Å². The minimum absolute atomic E-state index is 0.110. The van der Waals surface area contributed by atoms with Crippen LogP contribution in [0.2, 0.25) is 0 Å². The summed E-state index contributed by atoms with van der Waals surface area (Å²) < 4.78 is 4.86. The Labute approximate surface area is 94.8 Å². The lowest BCUT2D eigenvalue weighted by Gasteiger charge is -2.11. The molecule has 0 aromatic carbocycles. The van der Waals surface area contributed by atoms with Crippen LogP contribution in [0.1, 0.15) is 31.9 Å². The van der Waals surface area contributed by atoms with Gasteiger partial charge in [0, 0.05) is 18.2 Å². The van der Waals surface area contributed by atoms with Crippen molar-refractivity contribution in [2.75, 3.05) is 6.54 Å². The van der Waals surface area contributed by atoms with Crippen LogP contribution in [0, 0.1) is 0 Å². The van der Waals surface area contributed by atoms with Crippen molar-refractivity contribution in [1.29, 1.82) is 0 Å². The molecule has 0 saturated heterocycles. The molecule has 1 rings (SSSR count). The van der Waals surface area contributed by atoms with Crippen molar-refractivity contribution in [3.05, 3.63) is 24.2 Å². The first kappa shape index (κ1) is 12.6. The Hall–Kier alpha value is -1.49. The van der Waals surface area contributed by atoms with Gasteiger partial charge < -0.3 is 20.2 Å². The predicted molar refractivity (Wildman–Crippen MR) is 60.0 cm³/mol. The molecule has 0 radical (unpaired) electrons. The number of nitrogens with one attached hydrogen (secondary N) is 2. The number of urea groups is 1. The highest BCUT2D eigenvalue weighted by Crippen LogP contribution is 2.15. The van der Waals surface area contributed by atoms with E-state index in [1.807, 2.05) is 13.8 Å². The number of furan rings is 1. The van der Waals surface area contributed by atoms with Crippen molar-refractivity contribution < 1.29 is 14.3 Å². The van der Waals surface area contributed by atoms with E-state index in [9.17, 15) is 9.90 Å². The lowest BCUT2D eigenvalue weighted by atomic mass is 10.1. The van der Waals surface area contributed by atoms with Crippen LogP contribution in [-0.2, 0) is 0 Å². The van der Waals surface area contributed by atoms with E-state index in [1.165, 1.54) is 12.5 Å². The highest BCUT2D eigenvalue weighted by Gasteiger charge is 2.09. The zero-order valence-electron chi connectivity index (χ0n) is 9.56.